The smallest absolute Gasteiger partial charge is 0.378 e. The molecule has 1 aromatic carbocycles. The van der Waals surface area contributed by atoms with Gasteiger partial charge in [-0.2, -0.15) is 18.4 Å². The summed E-state index contributed by atoms with van der Waals surface area (Å²) in [5.41, 5.74) is -3.76. The van der Waals surface area contributed by atoms with Gasteiger partial charge in [0.1, 0.15) is 0 Å². The number of benzene rings is 1. The number of halogens is 4. The second kappa shape index (κ2) is 9.37. The Kier molecular flexibility index (Phi) is 8.04. The summed E-state index contributed by atoms with van der Waals surface area (Å²) in [4.78, 5) is 12.2. The van der Waals surface area contributed by atoms with Gasteiger partial charge < -0.3 is 20.5 Å². The highest BCUT2D eigenvalue weighted by atomic mass is 35.5. The number of hydrogen-bond donors (Lipinski definition) is 3. The zero-order valence-corrected chi connectivity index (χ0v) is 15.4. The largest absolute Gasteiger partial charge is 0.417 e. The van der Waals surface area contributed by atoms with Crippen LogP contribution in [0.15, 0.2) is 18.2 Å². The highest BCUT2D eigenvalue weighted by molar-refractivity contribution is 5.97. The summed E-state index contributed by atoms with van der Waals surface area (Å²) in [5.74, 6) is -0.885. The van der Waals surface area contributed by atoms with Gasteiger partial charge in [0.05, 0.1) is 29.9 Å². The molecule has 150 valence electrons. The summed E-state index contributed by atoms with van der Waals surface area (Å²) in [6.45, 7) is 2.53. The molecule has 0 aliphatic carbocycles. The van der Waals surface area contributed by atoms with Crippen LogP contribution in [0, 0.1) is 11.3 Å². The fraction of sp³-hybridized carbons (Fsp3) is 0.529. The van der Waals surface area contributed by atoms with E-state index in [1.54, 1.807) is 0 Å². The zero-order chi connectivity index (χ0) is 19.4. The second-order valence-electron chi connectivity index (χ2n) is 6.36. The van der Waals surface area contributed by atoms with E-state index in [2.05, 4.69) is 10.6 Å². The third-order valence-corrected chi connectivity index (χ3v) is 4.08. The first kappa shape index (κ1) is 23.2. The Morgan fingerprint density at radius 2 is 2.04 bits per heavy atom. The van der Waals surface area contributed by atoms with Crippen molar-refractivity contribution in [2.24, 2.45) is 0 Å². The monoisotopic (exact) mass is 407 g/mol. The van der Waals surface area contributed by atoms with Crippen molar-refractivity contribution in [1.29, 1.82) is 5.26 Å². The first-order valence-corrected chi connectivity index (χ1v) is 8.11. The number of carbonyl (C=O) groups excluding carboxylic acids is 1. The Bertz CT molecular complexity index is 699. The SMILES string of the molecule is CC(O)(COC1CCNCC1)C(=O)Nc1ccc(C#N)c(C(F)(F)F)c1.Cl. The summed E-state index contributed by atoms with van der Waals surface area (Å²) in [7, 11) is 0. The minimum Gasteiger partial charge on any atom is -0.378 e. The summed E-state index contributed by atoms with van der Waals surface area (Å²) < 4.78 is 44.5. The van der Waals surface area contributed by atoms with Crippen molar-refractivity contribution in [1.82, 2.24) is 5.32 Å². The van der Waals surface area contributed by atoms with Crippen LogP contribution in [0.4, 0.5) is 18.9 Å². The maximum Gasteiger partial charge on any atom is 0.417 e. The van der Waals surface area contributed by atoms with E-state index in [4.69, 9.17) is 10.00 Å². The molecular formula is C17H21ClF3N3O3. The molecule has 0 radical (unpaired) electrons. The minimum atomic E-state index is -4.73. The van der Waals surface area contributed by atoms with Gasteiger partial charge in [-0.15, -0.1) is 12.4 Å². The van der Waals surface area contributed by atoms with E-state index in [0.29, 0.717) is 6.07 Å². The Balaban J connectivity index is 0.00000364. The summed E-state index contributed by atoms with van der Waals surface area (Å²) >= 11 is 0. The Morgan fingerprint density at radius 1 is 1.41 bits per heavy atom. The molecule has 2 rings (SSSR count). The molecule has 0 aromatic heterocycles. The molecule has 0 spiro atoms. The van der Waals surface area contributed by atoms with Crippen molar-refractivity contribution in [3.8, 4) is 6.07 Å². The van der Waals surface area contributed by atoms with Gasteiger partial charge in [-0.05, 0) is 51.1 Å². The fourth-order valence-electron chi connectivity index (χ4n) is 2.53. The van der Waals surface area contributed by atoms with Crippen LogP contribution in [0.1, 0.15) is 30.9 Å². The van der Waals surface area contributed by atoms with E-state index >= 15 is 0 Å². The number of anilines is 1. The van der Waals surface area contributed by atoms with Crippen LogP contribution in [0.3, 0.4) is 0 Å². The van der Waals surface area contributed by atoms with Gasteiger partial charge in [-0.3, -0.25) is 4.79 Å². The lowest BCUT2D eigenvalue weighted by Gasteiger charge is -2.28. The topological polar surface area (TPSA) is 94.4 Å². The molecule has 1 atom stereocenters. The Hall–Kier alpha value is -1.86. The van der Waals surface area contributed by atoms with Crippen LogP contribution >= 0.6 is 12.4 Å². The number of rotatable bonds is 5. The van der Waals surface area contributed by atoms with Gasteiger partial charge in [-0.1, -0.05) is 0 Å². The van der Waals surface area contributed by atoms with Crippen LogP contribution in [0.2, 0.25) is 0 Å². The number of nitrogens with one attached hydrogen (secondary N) is 2. The molecular weight excluding hydrogens is 387 g/mol. The van der Waals surface area contributed by atoms with E-state index in [9.17, 15) is 23.1 Å². The highest BCUT2D eigenvalue weighted by Crippen LogP contribution is 2.33. The first-order valence-electron chi connectivity index (χ1n) is 8.11. The molecule has 6 nitrogen and oxygen atoms in total. The van der Waals surface area contributed by atoms with E-state index in [1.165, 1.54) is 19.1 Å². The number of amides is 1. The number of aliphatic hydroxyl groups is 1. The molecule has 27 heavy (non-hydrogen) atoms. The standard InChI is InChI=1S/C17H20F3N3O3.ClH/c1-16(25,10-26-13-4-6-22-7-5-13)15(24)23-12-3-2-11(9-21)14(8-12)17(18,19)20;/h2-3,8,13,22,25H,4-7,10H2,1H3,(H,23,24);1H. The molecule has 3 N–H and O–H groups in total. The molecule has 1 aliphatic heterocycles. The average molecular weight is 408 g/mol. The van der Waals surface area contributed by atoms with Gasteiger partial charge in [-0.25, -0.2) is 0 Å². The van der Waals surface area contributed by atoms with Crippen LogP contribution < -0.4 is 10.6 Å². The number of carbonyl (C=O) groups is 1. The van der Waals surface area contributed by atoms with Gasteiger partial charge in [0.25, 0.3) is 5.91 Å². The molecule has 1 heterocycles. The fourth-order valence-corrected chi connectivity index (χ4v) is 2.53. The zero-order valence-electron chi connectivity index (χ0n) is 14.6. The average Bonchev–Trinajstić information content (AvgIpc) is 2.60. The third-order valence-electron chi connectivity index (χ3n) is 4.08. The van der Waals surface area contributed by atoms with Gasteiger partial charge in [0, 0.05) is 5.69 Å². The predicted molar refractivity (Wildman–Crippen MR) is 94.5 cm³/mol. The minimum absolute atomic E-state index is 0. The van der Waals surface area contributed by atoms with Gasteiger partial charge in [0.15, 0.2) is 5.60 Å². The number of hydrogen-bond acceptors (Lipinski definition) is 5. The molecule has 1 fully saturated rings. The first-order chi connectivity index (χ1) is 12.1. The maximum absolute atomic E-state index is 13.0. The summed E-state index contributed by atoms with van der Waals surface area (Å²) in [5, 5.41) is 24.5. The van der Waals surface area contributed by atoms with Crippen molar-refractivity contribution in [3.63, 3.8) is 0 Å². The predicted octanol–water partition coefficient (Wildman–Crippen LogP) is 2.46. The van der Waals surface area contributed by atoms with Crippen molar-refractivity contribution in [2.75, 3.05) is 25.0 Å². The molecule has 0 bridgehead atoms. The van der Waals surface area contributed by atoms with E-state index in [1.807, 2.05) is 0 Å². The number of piperidine rings is 1. The number of nitrogens with zero attached hydrogens (tertiary/aromatic N) is 1. The van der Waals surface area contributed by atoms with Gasteiger partial charge in [0.2, 0.25) is 0 Å². The van der Waals surface area contributed by atoms with Crippen molar-refractivity contribution < 1.29 is 27.8 Å². The van der Waals surface area contributed by atoms with Crippen molar-refractivity contribution >= 4 is 24.0 Å². The second-order valence-corrected chi connectivity index (χ2v) is 6.36. The number of alkyl halides is 3. The highest BCUT2D eigenvalue weighted by Gasteiger charge is 2.35. The van der Waals surface area contributed by atoms with Crippen molar-refractivity contribution in [2.45, 2.75) is 37.6 Å². The maximum atomic E-state index is 13.0. The van der Waals surface area contributed by atoms with E-state index in [-0.39, 0.29) is 30.8 Å². The normalized spacial score (nSPS) is 17.3. The molecule has 1 saturated heterocycles. The molecule has 0 saturated carbocycles. The number of ether oxygens (including phenoxy) is 1. The molecule has 1 aliphatic rings. The third kappa shape index (κ3) is 6.36. The van der Waals surface area contributed by atoms with Crippen LogP contribution in [-0.2, 0) is 15.7 Å². The van der Waals surface area contributed by atoms with Crippen LogP contribution in [0.5, 0.6) is 0 Å². The quantitative estimate of drug-likeness (QED) is 0.697. The molecule has 1 aromatic rings. The Labute approximate surface area is 161 Å². The van der Waals surface area contributed by atoms with Gasteiger partial charge >= 0.3 is 6.18 Å². The number of nitriles is 1. The van der Waals surface area contributed by atoms with E-state index in [0.717, 1.165) is 32.0 Å². The lowest BCUT2D eigenvalue weighted by molar-refractivity contribution is -0.142. The van der Waals surface area contributed by atoms with Crippen molar-refractivity contribution in [3.05, 3.63) is 29.3 Å². The Morgan fingerprint density at radius 3 is 2.59 bits per heavy atom. The summed E-state index contributed by atoms with van der Waals surface area (Å²) in [6, 6.07) is 4.28. The lowest BCUT2D eigenvalue weighted by atomic mass is 10.0. The summed E-state index contributed by atoms with van der Waals surface area (Å²) in [6.07, 6.45) is -3.31. The molecule has 1 amide bonds. The lowest BCUT2D eigenvalue weighted by Crippen LogP contribution is -2.46. The van der Waals surface area contributed by atoms with Crippen LogP contribution in [0.25, 0.3) is 0 Å². The van der Waals surface area contributed by atoms with E-state index < -0.39 is 28.8 Å². The molecule has 1 unspecified atom stereocenters. The van der Waals surface area contributed by atoms with Crippen LogP contribution in [-0.4, -0.2) is 42.4 Å². The molecule has 10 heteroatoms.